The number of sulfonamides is 1. The first-order valence-electron chi connectivity index (χ1n) is 8.88. The number of rotatable bonds is 7. The van der Waals surface area contributed by atoms with Crippen molar-refractivity contribution in [3.05, 3.63) is 35.4 Å². The fourth-order valence-electron chi connectivity index (χ4n) is 2.66. The molecule has 28 heavy (non-hydrogen) atoms. The lowest BCUT2D eigenvalue weighted by atomic mass is 10.1. The maximum absolute atomic E-state index is 12.6. The molecule has 7 nitrogen and oxygen atoms in total. The molecule has 1 aromatic carbocycles. The number of nitrogens with one attached hydrogen (secondary N) is 2. The molecule has 1 aromatic rings. The Hall–Kier alpha value is -1.85. The molecule has 0 atom stereocenters. The molecular weight excluding hydrogens is 397 g/mol. The van der Waals surface area contributed by atoms with Gasteiger partial charge in [0, 0.05) is 33.2 Å². The molecular formula is C17H25F3N4O3S. The van der Waals surface area contributed by atoms with Gasteiger partial charge in [-0.15, -0.1) is 0 Å². The number of hydrogen-bond acceptors (Lipinski definition) is 4. The van der Waals surface area contributed by atoms with Crippen molar-refractivity contribution in [1.29, 1.82) is 0 Å². The lowest BCUT2D eigenvalue weighted by Crippen LogP contribution is -2.45. The van der Waals surface area contributed by atoms with Gasteiger partial charge in [-0.1, -0.05) is 12.1 Å². The van der Waals surface area contributed by atoms with Crippen LogP contribution < -0.4 is 10.6 Å². The van der Waals surface area contributed by atoms with Gasteiger partial charge < -0.3 is 15.4 Å². The summed E-state index contributed by atoms with van der Waals surface area (Å²) in [7, 11) is -1.79. The van der Waals surface area contributed by atoms with Crippen molar-refractivity contribution >= 4 is 16.0 Å². The maximum atomic E-state index is 12.6. The highest BCUT2D eigenvalue weighted by atomic mass is 32.2. The molecule has 0 aromatic heterocycles. The Morgan fingerprint density at radius 2 is 1.75 bits per heavy atom. The lowest BCUT2D eigenvalue weighted by molar-refractivity contribution is -0.137. The van der Waals surface area contributed by atoms with Gasteiger partial charge in [-0.05, 0) is 24.1 Å². The summed E-state index contributed by atoms with van der Waals surface area (Å²) in [5.41, 5.74) is 0.0778. The molecule has 0 radical (unpaired) electrons. The third kappa shape index (κ3) is 6.95. The highest BCUT2D eigenvalue weighted by molar-refractivity contribution is 7.89. The SMILES string of the molecule is CN=C(NCCc1ccc(C(F)(F)F)cc1)NCCS(=O)(=O)N1CCOCC1. The Balaban J connectivity index is 1.72. The largest absolute Gasteiger partial charge is 0.416 e. The standard InChI is InChI=1S/C17H25F3N4O3S/c1-21-16(23-8-13-28(25,26)24-9-11-27-12-10-24)22-7-6-14-2-4-15(5-3-14)17(18,19)20/h2-5H,6-13H2,1H3,(H2,21,22,23). The second-order valence-electron chi connectivity index (χ2n) is 6.20. The van der Waals surface area contributed by atoms with Crippen LogP contribution in [-0.4, -0.2) is 70.9 Å². The number of hydrogen-bond donors (Lipinski definition) is 2. The molecule has 1 heterocycles. The number of alkyl halides is 3. The Kier molecular flexibility index (Phi) is 8.08. The summed E-state index contributed by atoms with van der Waals surface area (Å²) in [6.07, 6.45) is -3.84. The van der Waals surface area contributed by atoms with Crippen LogP contribution in [0.3, 0.4) is 0 Å². The van der Waals surface area contributed by atoms with Gasteiger partial charge in [0.2, 0.25) is 10.0 Å². The van der Waals surface area contributed by atoms with Crippen LogP contribution in [0.5, 0.6) is 0 Å². The van der Waals surface area contributed by atoms with Crippen LogP contribution in [0.2, 0.25) is 0 Å². The number of benzene rings is 1. The zero-order chi connectivity index (χ0) is 20.6. The van der Waals surface area contributed by atoms with E-state index in [1.54, 1.807) is 7.05 Å². The predicted molar refractivity (Wildman–Crippen MR) is 101 cm³/mol. The van der Waals surface area contributed by atoms with Crippen molar-refractivity contribution in [1.82, 2.24) is 14.9 Å². The molecule has 1 aliphatic rings. The van der Waals surface area contributed by atoms with Gasteiger partial charge in [0.1, 0.15) is 0 Å². The maximum Gasteiger partial charge on any atom is 0.416 e. The van der Waals surface area contributed by atoms with Crippen LogP contribution in [0.25, 0.3) is 0 Å². The summed E-state index contributed by atoms with van der Waals surface area (Å²) >= 11 is 0. The Morgan fingerprint density at radius 1 is 1.14 bits per heavy atom. The number of morpholine rings is 1. The minimum Gasteiger partial charge on any atom is -0.379 e. The van der Waals surface area contributed by atoms with E-state index in [-0.39, 0.29) is 12.3 Å². The van der Waals surface area contributed by atoms with E-state index >= 15 is 0 Å². The van der Waals surface area contributed by atoms with Crippen LogP contribution in [0.1, 0.15) is 11.1 Å². The van der Waals surface area contributed by atoms with Crippen LogP contribution >= 0.6 is 0 Å². The van der Waals surface area contributed by atoms with Crippen LogP contribution in [0, 0.1) is 0 Å². The van der Waals surface area contributed by atoms with E-state index in [4.69, 9.17) is 4.74 Å². The number of guanidine groups is 1. The fourth-order valence-corrected chi connectivity index (χ4v) is 3.98. The summed E-state index contributed by atoms with van der Waals surface area (Å²) in [4.78, 5) is 4.01. The zero-order valence-electron chi connectivity index (χ0n) is 15.6. The molecule has 0 amide bonds. The van der Waals surface area contributed by atoms with Gasteiger partial charge in [0.05, 0.1) is 24.5 Å². The van der Waals surface area contributed by atoms with Crippen molar-refractivity contribution in [3.63, 3.8) is 0 Å². The van der Waals surface area contributed by atoms with Gasteiger partial charge in [-0.3, -0.25) is 4.99 Å². The van der Waals surface area contributed by atoms with Crippen LogP contribution in [-0.2, 0) is 27.4 Å². The molecule has 1 fully saturated rings. The summed E-state index contributed by atoms with van der Waals surface area (Å²) in [6, 6.07) is 4.99. The van der Waals surface area contributed by atoms with E-state index in [9.17, 15) is 21.6 Å². The summed E-state index contributed by atoms with van der Waals surface area (Å²) in [5, 5.41) is 5.95. The molecule has 0 unspecified atom stereocenters. The normalized spacial score (nSPS) is 16.8. The first-order valence-corrected chi connectivity index (χ1v) is 10.5. The average molecular weight is 422 g/mol. The zero-order valence-corrected chi connectivity index (χ0v) is 16.4. The molecule has 0 aliphatic carbocycles. The molecule has 0 bridgehead atoms. The molecule has 0 saturated carbocycles. The smallest absolute Gasteiger partial charge is 0.379 e. The van der Waals surface area contributed by atoms with Crippen molar-refractivity contribution in [2.45, 2.75) is 12.6 Å². The van der Waals surface area contributed by atoms with E-state index in [1.807, 2.05) is 0 Å². The number of halogens is 3. The average Bonchev–Trinajstić information content (AvgIpc) is 2.67. The molecule has 11 heteroatoms. The Bertz CT molecular complexity index is 746. The van der Waals surface area contributed by atoms with E-state index in [2.05, 4.69) is 15.6 Å². The van der Waals surface area contributed by atoms with Crippen molar-refractivity contribution in [2.24, 2.45) is 4.99 Å². The van der Waals surface area contributed by atoms with Crippen molar-refractivity contribution in [2.75, 3.05) is 52.2 Å². The number of aliphatic imine (C=N–C) groups is 1. The topological polar surface area (TPSA) is 83.0 Å². The third-order valence-corrected chi connectivity index (χ3v) is 6.10. The van der Waals surface area contributed by atoms with Gasteiger partial charge >= 0.3 is 6.18 Å². The lowest BCUT2D eigenvalue weighted by Gasteiger charge is -2.26. The molecule has 1 aliphatic heterocycles. The monoisotopic (exact) mass is 422 g/mol. The highest BCUT2D eigenvalue weighted by Gasteiger charge is 2.29. The molecule has 2 rings (SSSR count). The second kappa shape index (κ2) is 10.1. The van der Waals surface area contributed by atoms with Crippen molar-refractivity contribution in [3.8, 4) is 0 Å². The molecule has 1 saturated heterocycles. The minimum absolute atomic E-state index is 0.0629. The molecule has 2 N–H and O–H groups in total. The Labute approximate surface area is 163 Å². The summed E-state index contributed by atoms with van der Waals surface area (Å²) < 4.78 is 68.7. The first-order chi connectivity index (χ1) is 13.2. The first kappa shape index (κ1) is 22.4. The van der Waals surface area contributed by atoms with E-state index in [0.29, 0.717) is 45.2 Å². The van der Waals surface area contributed by atoms with Crippen LogP contribution in [0.15, 0.2) is 29.3 Å². The minimum atomic E-state index is -4.34. The van der Waals surface area contributed by atoms with Gasteiger partial charge in [-0.25, -0.2) is 8.42 Å². The van der Waals surface area contributed by atoms with Gasteiger partial charge in [-0.2, -0.15) is 17.5 Å². The fraction of sp³-hybridized carbons (Fsp3) is 0.588. The Morgan fingerprint density at radius 3 is 2.32 bits per heavy atom. The highest BCUT2D eigenvalue weighted by Crippen LogP contribution is 2.29. The number of ether oxygens (including phenoxy) is 1. The van der Waals surface area contributed by atoms with Gasteiger partial charge in [0.25, 0.3) is 0 Å². The molecule has 0 spiro atoms. The predicted octanol–water partition coefficient (Wildman–Crippen LogP) is 1.07. The van der Waals surface area contributed by atoms with E-state index < -0.39 is 21.8 Å². The van der Waals surface area contributed by atoms with E-state index in [1.165, 1.54) is 16.4 Å². The quantitative estimate of drug-likeness (QED) is 0.508. The summed E-state index contributed by atoms with van der Waals surface area (Å²) in [6.45, 7) is 2.17. The number of nitrogens with zero attached hydrogens (tertiary/aromatic N) is 2. The van der Waals surface area contributed by atoms with Gasteiger partial charge in [0.15, 0.2) is 5.96 Å². The summed E-state index contributed by atoms with van der Waals surface area (Å²) in [5.74, 6) is 0.371. The molecule has 158 valence electrons. The van der Waals surface area contributed by atoms with E-state index in [0.717, 1.165) is 17.7 Å². The second-order valence-corrected chi connectivity index (χ2v) is 8.29. The van der Waals surface area contributed by atoms with Crippen molar-refractivity contribution < 1.29 is 26.3 Å². The van der Waals surface area contributed by atoms with Crippen LogP contribution in [0.4, 0.5) is 13.2 Å². The third-order valence-electron chi connectivity index (χ3n) is 4.23.